The first-order chi connectivity index (χ1) is 15.2. The van der Waals surface area contributed by atoms with E-state index in [0.29, 0.717) is 27.1 Å². The monoisotopic (exact) mass is 456 g/mol. The van der Waals surface area contributed by atoms with Crippen LogP contribution in [-0.4, -0.2) is 37.8 Å². The number of nitrogens with one attached hydrogen (secondary N) is 1. The SMILES string of the molecule is CCC(C(=O)Nc1c(C#N)cnn1C)n1cnc2sc(C(=O)OCC(C)C)c(C)c2c1=O. The Labute approximate surface area is 188 Å². The molecule has 1 N–H and O–H groups in total. The van der Waals surface area contributed by atoms with Crippen molar-refractivity contribution in [1.29, 1.82) is 5.26 Å². The number of nitriles is 1. The van der Waals surface area contributed by atoms with Gasteiger partial charge >= 0.3 is 5.97 Å². The van der Waals surface area contributed by atoms with Crippen molar-refractivity contribution in [3.05, 3.63) is 38.9 Å². The van der Waals surface area contributed by atoms with Crippen LogP contribution in [0.4, 0.5) is 5.82 Å². The molecule has 32 heavy (non-hydrogen) atoms. The van der Waals surface area contributed by atoms with Gasteiger partial charge in [0.05, 0.1) is 24.5 Å². The van der Waals surface area contributed by atoms with E-state index in [1.807, 2.05) is 19.9 Å². The molecule has 0 fully saturated rings. The largest absolute Gasteiger partial charge is 0.461 e. The maximum atomic E-state index is 13.3. The molecule has 0 bridgehead atoms. The van der Waals surface area contributed by atoms with Crippen molar-refractivity contribution in [1.82, 2.24) is 19.3 Å². The molecule has 11 heteroatoms. The lowest BCUT2D eigenvalue weighted by molar-refractivity contribution is -0.119. The third kappa shape index (κ3) is 4.27. The first-order valence-corrected chi connectivity index (χ1v) is 10.9. The van der Waals surface area contributed by atoms with Crippen LogP contribution in [0.25, 0.3) is 10.2 Å². The topological polar surface area (TPSA) is 132 Å². The standard InChI is InChI=1S/C21H24N6O4S/c1-6-14(18(28)25-17-13(7-22)8-24-26(17)5)27-10-23-19-15(20(27)29)12(4)16(32-19)21(30)31-9-11(2)3/h8,10-11,14H,6,9H2,1-5H3,(H,25,28). The van der Waals surface area contributed by atoms with Gasteiger partial charge in [0.25, 0.3) is 5.56 Å². The van der Waals surface area contributed by atoms with Crippen LogP contribution in [-0.2, 0) is 16.6 Å². The summed E-state index contributed by atoms with van der Waals surface area (Å²) < 4.78 is 7.94. The summed E-state index contributed by atoms with van der Waals surface area (Å²) in [5.74, 6) is -0.524. The van der Waals surface area contributed by atoms with Crippen molar-refractivity contribution in [3.8, 4) is 6.07 Å². The van der Waals surface area contributed by atoms with Gasteiger partial charge in [-0.3, -0.25) is 18.8 Å². The van der Waals surface area contributed by atoms with Crippen LogP contribution < -0.4 is 10.9 Å². The Kier molecular flexibility index (Phi) is 6.74. The number of aromatic nitrogens is 4. The maximum Gasteiger partial charge on any atom is 0.348 e. The Balaban J connectivity index is 1.98. The minimum absolute atomic E-state index is 0.189. The molecule has 3 heterocycles. The lowest BCUT2D eigenvalue weighted by Crippen LogP contribution is -2.33. The van der Waals surface area contributed by atoms with Gasteiger partial charge in [-0.25, -0.2) is 9.78 Å². The number of anilines is 1. The molecule has 1 atom stereocenters. The highest BCUT2D eigenvalue weighted by atomic mass is 32.1. The number of fused-ring (bicyclic) bond motifs is 1. The number of carbonyl (C=O) groups is 2. The van der Waals surface area contributed by atoms with E-state index in [-0.39, 0.29) is 23.9 Å². The molecule has 0 radical (unpaired) electrons. The second-order valence-corrected chi connectivity index (χ2v) is 8.74. The van der Waals surface area contributed by atoms with Gasteiger partial charge in [-0.2, -0.15) is 10.4 Å². The molecule has 0 aromatic carbocycles. The van der Waals surface area contributed by atoms with Crippen LogP contribution in [0.2, 0.25) is 0 Å². The van der Waals surface area contributed by atoms with Crippen LogP contribution in [0.3, 0.4) is 0 Å². The molecule has 0 spiro atoms. The highest BCUT2D eigenvalue weighted by Gasteiger charge is 2.26. The van der Waals surface area contributed by atoms with Crippen molar-refractivity contribution in [2.24, 2.45) is 13.0 Å². The number of hydrogen-bond acceptors (Lipinski definition) is 8. The molecule has 0 aliphatic heterocycles. The van der Waals surface area contributed by atoms with Crippen molar-refractivity contribution in [2.45, 2.75) is 40.2 Å². The average molecular weight is 457 g/mol. The van der Waals surface area contributed by atoms with Gasteiger partial charge in [-0.15, -0.1) is 11.3 Å². The second kappa shape index (κ2) is 9.32. The van der Waals surface area contributed by atoms with Crippen molar-refractivity contribution in [3.63, 3.8) is 0 Å². The summed E-state index contributed by atoms with van der Waals surface area (Å²) in [6.07, 6.45) is 2.97. The molecule has 0 aliphatic rings. The van der Waals surface area contributed by atoms with Gasteiger partial charge in [0.2, 0.25) is 5.91 Å². The lowest BCUT2D eigenvalue weighted by Gasteiger charge is -2.17. The first-order valence-electron chi connectivity index (χ1n) is 10.1. The van der Waals surface area contributed by atoms with Gasteiger partial charge in [0.15, 0.2) is 0 Å². The summed E-state index contributed by atoms with van der Waals surface area (Å²) in [4.78, 5) is 43.8. The third-order valence-corrected chi connectivity index (χ3v) is 6.11. The fourth-order valence-corrected chi connectivity index (χ4v) is 4.27. The Hall–Kier alpha value is -3.52. The predicted octanol–water partition coefficient (Wildman–Crippen LogP) is 2.77. The van der Waals surface area contributed by atoms with Gasteiger partial charge in [0.1, 0.15) is 33.2 Å². The molecule has 0 saturated heterocycles. The number of hydrogen-bond donors (Lipinski definition) is 1. The smallest absolute Gasteiger partial charge is 0.348 e. The van der Waals surface area contributed by atoms with E-state index < -0.39 is 23.5 Å². The first kappa shape index (κ1) is 23.1. The Morgan fingerprint density at radius 2 is 2.09 bits per heavy atom. The van der Waals surface area contributed by atoms with Crippen LogP contribution in [0.5, 0.6) is 0 Å². The van der Waals surface area contributed by atoms with Crippen LogP contribution in [0.15, 0.2) is 17.3 Å². The summed E-state index contributed by atoms with van der Waals surface area (Å²) in [6, 6.07) is 1.11. The average Bonchev–Trinajstić information content (AvgIpc) is 3.28. The van der Waals surface area contributed by atoms with Crippen molar-refractivity contribution < 1.29 is 14.3 Å². The van der Waals surface area contributed by atoms with E-state index in [1.54, 1.807) is 20.9 Å². The molecule has 3 aromatic rings. The van der Waals surface area contributed by atoms with E-state index in [0.717, 1.165) is 11.3 Å². The fourth-order valence-electron chi connectivity index (χ4n) is 3.24. The summed E-state index contributed by atoms with van der Waals surface area (Å²) >= 11 is 1.10. The molecule has 0 saturated carbocycles. The molecule has 1 unspecified atom stereocenters. The van der Waals surface area contributed by atoms with Crippen LogP contribution in [0.1, 0.15) is 54.0 Å². The molecule has 168 valence electrons. The summed E-state index contributed by atoms with van der Waals surface area (Å²) in [5, 5.41) is 16.1. The van der Waals surface area contributed by atoms with Gasteiger partial charge in [-0.05, 0) is 24.8 Å². The maximum absolute atomic E-state index is 13.3. The number of ether oxygens (including phenoxy) is 1. The molecule has 10 nitrogen and oxygen atoms in total. The quantitative estimate of drug-likeness (QED) is 0.541. The molecular weight excluding hydrogens is 432 g/mol. The van der Waals surface area contributed by atoms with Crippen LogP contribution >= 0.6 is 11.3 Å². The van der Waals surface area contributed by atoms with E-state index in [2.05, 4.69) is 15.4 Å². The van der Waals surface area contributed by atoms with E-state index >= 15 is 0 Å². The van der Waals surface area contributed by atoms with Crippen molar-refractivity contribution in [2.75, 3.05) is 11.9 Å². The molecule has 1 amide bonds. The minimum atomic E-state index is -0.864. The zero-order chi connectivity index (χ0) is 23.6. The number of rotatable bonds is 7. The normalized spacial score (nSPS) is 12.0. The van der Waals surface area contributed by atoms with Gasteiger partial charge < -0.3 is 10.1 Å². The van der Waals surface area contributed by atoms with E-state index in [1.165, 1.54) is 21.8 Å². The fraction of sp³-hybridized carbons (Fsp3) is 0.429. The Morgan fingerprint density at radius 1 is 1.38 bits per heavy atom. The summed E-state index contributed by atoms with van der Waals surface area (Å²) in [7, 11) is 1.60. The summed E-state index contributed by atoms with van der Waals surface area (Å²) in [6.45, 7) is 7.60. The molecular formula is C21H24N6O4S. The van der Waals surface area contributed by atoms with E-state index in [4.69, 9.17) is 4.74 Å². The van der Waals surface area contributed by atoms with Crippen molar-refractivity contribution >= 4 is 39.2 Å². The second-order valence-electron chi connectivity index (χ2n) is 7.74. The number of amides is 1. The predicted molar refractivity (Wildman–Crippen MR) is 120 cm³/mol. The number of carbonyl (C=O) groups excluding carboxylic acids is 2. The number of esters is 1. The Morgan fingerprint density at radius 3 is 2.72 bits per heavy atom. The number of aryl methyl sites for hydroxylation is 2. The van der Waals surface area contributed by atoms with E-state index in [9.17, 15) is 19.6 Å². The molecule has 0 aliphatic carbocycles. The Bertz CT molecular complexity index is 1280. The zero-order valence-corrected chi connectivity index (χ0v) is 19.3. The highest BCUT2D eigenvalue weighted by molar-refractivity contribution is 7.20. The number of nitrogens with zero attached hydrogens (tertiary/aromatic N) is 5. The third-order valence-electron chi connectivity index (χ3n) is 4.94. The zero-order valence-electron chi connectivity index (χ0n) is 18.5. The van der Waals surface area contributed by atoms with Crippen LogP contribution in [0, 0.1) is 24.2 Å². The minimum Gasteiger partial charge on any atom is -0.461 e. The molecule has 3 rings (SSSR count). The van der Waals surface area contributed by atoms with Gasteiger partial charge in [0, 0.05) is 7.05 Å². The molecule has 3 aromatic heterocycles. The number of thiophene rings is 1. The highest BCUT2D eigenvalue weighted by Crippen LogP contribution is 2.28. The lowest BCUT2D eigenvalue weighted by atomic mass is 10.1. The van der Waals surface area contributed by atoms with Gasteiger partial charge in [-0.1, -0.05) is 20.8 Å². The summed E-state index contributed by atoms with van der Waals surface area (Å²) in [5.41, 5.74) is 0.285.